The zero-order valence-electron chi connectivity index (χ0n) is 12.5. The molecule has 1 aromatic heterocycles. The molecule has 0 amide bonds. The number of para-hydroxylation sites is 1. The van der Waals surface area contributed by atoms with Gasteiger partial charge in [-0.2, -0.15) is 0 Å². The number of pyridine rings is 1. The lowest BCUT2D eigenvalue weighted by Gasteiger charge is -2.27. The highest BCUT2D eigenvalue weighted by Crippen LogP contribution is 2.26. The first-order valence-corrected chi connectivity index (χ1v) is 7.17. The summed E-state index contributed by atoms with van der Waals surface area (Å²) in [6, 6.07) is 15.0. The van der Waals surface area contributed by atoms with Crippen LogP contribution in [0, 0.1) is 0 Å². The van der Waals surface area contributed by atoms with Crippen LogP contribution in [-0.4, -0.2) is 18.6 Å². The van der Waals surface area contributed by atoms with Crippen molar-refractivity contribution in [1.29, 1.82) is 0 Å². The number of aromatic nitrogens is 1. The molecule has 3 heteroatoms. The monoisotopic (exact) mass is 269 g/mol. The lowest BCUT2D eigenvalue weighted by molar-refractivity contribution is 0.646. The molecule has 1 heterocycles. The van der Waals surface area contributed by atoms with Gasteiger partial charge in [0.05, 0.1) is 12.2 Å². The Kier molecular flexibility index (Phi) is 5.13. The Morgan fingerprint density at radius 3 is 2.55 bits per heavy atom. The first-order chi connectivity index (χ1) is 9.76. The van der Waals surface area contributed by atoms with E-state index in [9.17, 15) is 0 Å². The van der Waals surface area contributed by atoms with Gasteiger partial charge >= 0.3 is 0 Å². The fourth-order valence-electron chi connectivity index (χ4n) is 2.35. The molecule has 2 rings (SSSR count). The van der Waals surface area contributed by atoms with Gasteiger partial charge in [-0.1, -0.05) is 24.3 Å². The van der Waals surface area contributed by atoms with E-state index in [-0.39, 0.29) is 0 Å². The third kappa shape index (κ3) is 3.36. The van der Waals surface area contributed by atoms with Gasteiger partial charge in [-0.15, -0.1) is 0 Å². The summed E-state index contributed by atoms with van der Waals surface area (Å²) in [6.07, 6.45) is 1.85. The molecule has 0 saturated carbocycles. The van der Waals surface area contributed by atoms with Crippen LogP contribution in [0.4, 0.5) is 5.69 Å². The van der Waals surface area contributed by atoms with Crippen molar-refractivity contribution < 1.29 is 0 Å². The quantitative estimate of drug-likeness (QED) is 0.871. The Hall–Kier alpha value is -1.87. The van der Waals surface area contributed by atoms with Gasteiger partial charge in [-0.25, -0.2) is 0 Å². The molecule has 1 atom stereocenters. The summed E-state index contributed by atoms with van der Waals surface area (Å²) in [6.45, 7) is 6.17. The summed E-state index contributed by atoms with van der Waals surface area (Å²) in [4.78, 5) is 6.80. The number of anilines is 1. The number of hydrogen-bond donors (Lipinski definition) is 1. The van der Waals surface area contributed by atoms with Crippen molar-refractivity contribution in [1.82, 2.24) is 10.3 Å². The molecule has 20 heavy (non-hydrogen) atoms. The zero-order chi connectivity index (χ0) is 14.4. The fraction of sp³-hybridized carbons (Fsp3) is 0.353. The Balaban J connectivity index is 2.28. The molecule has 2 aromatic rings. The zero-order valence-corrected chi connectivity index (χ0v) is 12.5. The van der Waals surface area contributed by atoms with Crippen LogP contribution in [0.1, 0.15) is 31.1 Å². The SMILES string of the molecule is CCN(Cc1ccccn1)c1ccccc1C(C)NC. The van der Waals surface area contributed by atoms with Gasteiger partial charge in [0.1, 0.15) is 0 Å². The predicted molar refractivity (Wildman–Crippen MR) is 84.9 cm³/mol. The normalized spacial score (nSPS) is 12.2. The highest BCUT2D eigenvalue weighted by atomic mass is 15.1. The summed E-state index contributed by atoms with van der Waals surface area (Å²) in [7, 11) is 2.00. The van der Waals surface area contributed by atoms with E-state index in [0.717, 1.165) is 18.8 Å². The van der Waals surface area contributed by atoms with E-state index in [0.29, 0.717) is 6.04 Å². The summed E-state index contributed by atoms with van der Waals surface area (Å²) in [5, 5.41) is 3.32. The standard InChI is InChI=1S/C17H23N3/c1-4-20(13-15-9-7-8-12-19-15)17-11-6-5-10-16(17)14(2)18-3/h5-12,14,18H,4,13H2,1-3H3. The minimum atomic E-state index is 0.337. The van der Waals surface area contributed by atoms with Gasteiger partial charge in [0.25, 0.3) is 0 Å². The molecule has 1 N–H and O–H groups in total. The minimum Gasteiger partial charge on any atom is -0.366 e. The minimum absolute atomic E-state index is 0.337. The van der Waals surface area contributed by atoms with Crippen molar-refractivity contribution in [2.75, 3.05) is 18.5 Å². The molecular weight excluding hydrogens is 246 g/mol. The number of nitrogens with one attached hydrogen (secondary N) is 1. The van der Waals surface area contributed by atoms with E-state index < -0.39 is 0 Å². The highest BCUT2D eigenvalue weighted by Gasteiger charge is 2.13. The van der Waals surface area contributed by atoms with Crippen LogP contribution in [0.25, 0.3) is 0 Å². The predicted octanol–water partition coefficient (Wildman–Crippen LogP) is 3.39. The van der Waals surface area contributed by atoms with Crippen LogP contribution >= 0.6 is 0 Å². The third-order valence-electron chi connectivity index (χ3n) is 3.64. The molecular formula is C17H23N3. The van der Waals surface area contributed by atoms with Crippen LogP contribution in [-0.2, 0) is 6.54 Å². The average molecular weight is 269 g/mol. The van der Waals surface area contributed by atoms with E-state index in [1.54, 1.807) is 0 Å². The lowest BCUT2D eigenvalue weighted by atomic mass is 10.0. The molecule has 0 bridgehead atoms. The summed E-state index contributed by atoms with van der Waals surface area (Å²) in [5.74, 6) is 0. The number of hydrogen-bond acceptors (Lipinski definition) is 3. The molecule has 1 unspecified atom stereocenters. The van der Waals surface area contributed by atoms with Crippen LogP contribution in [0.5, 0.6) is 0 Å². The Labute approximate surface area is 121 Å². The van der Waals surface area contributed by atoms with E-state index in [4.69, 9.17) is 0 Å². The highest BCUT2D eigenvalue weighted by molar-refractivity contribution is 5.55. The number of nitrogens with zero attached hydrogens (tertiary/aromatic N) is 2. The molecule has 0 aliphatic heterocycles. The second-order valence-corrected chi connectivity index (χ2v) is 4.90. The summed E-state index contributed by atoms with van der Waals surface area (Å²) in [5.41, 5.74) is 3.71. The van der Waals surface area contributed by atoms with Crippen molar-refractivity contribution >= 4 is 5.69 Å². The van der Waals surface area contributed by atoms with Crippen LogP contribution in [0.2, 0.25) is 0 Å². The van der Waals surface area contributed by atoms with Gasteiger partial charge in [-0.05, 0) is 44.7 Å². The molecule has 0 saturated heterocycles. The summed E-state index contributed by atoms with van der Waals surface area (Å²) >= 11 is 0. The van der Waals surface area contributed by atoms with Gasteiger partial charge in [0.15, 0.2) is 0 Å². The first-order valence-electron chi connectivity index (χ1n) is 7.17. The van der Waals surface area contributed by atoms with Crippen LogP contribution in [0.3, 0.4) is 0 Å². The maximum absolute atomic E-state index is 4.43. The van der Waals surface area contributed by atoms with Gasteiger partial charge in [-0.3, -0.25) is 4.98 Å². The van der Waals surface area contributed by atoms with Crippen LogP contribution in [0.15, 0.2) is 48.7 Å². The molecule has 0 radical (unpaired) electrons. The Morgan fingerprint density at radius 1 is 1.15 bits per heavy atom. The van der Waals surface area contributed by atoms with Gasteiger partial charge in [0, 0.05) is 24.5 Å². The van der Waals surface area contributed by atoms with E-state index in [1.165, 1.54) is 11.3 Å². The topological polar surface area (TPSA) is 28.2 Å². The molecule has 106 valence electrons. The molecule has 1 aromatic carbocycles. The molecule has 0 aliphatic rings. The van der Waals surface area contributed by atoms with E-state index >= 15 is 0 Å². The lowest BCUT2D eigenvalue weighted by Crippen LogP contribution is -2.25. The van der Waals surface area contributed by atoms with Gasteiger partial charge < -0.3 is 10.2 Å². The molecule has 0 aliphatic carbocycles. The molecule has 0 fully saturated rings. The van der Waals surface area contributed by atoms with Crippen molar-refractivity contribution in [2.24, 2.45) is 0 Å². The second-order valence-electron chi connectivity index (χ2n) is 4.90. The van der Waals surface area contributed by atoms with Crippen molar-refractivity contribution in [3.8, 4) is 0 Å². The van der Waals surface area contributed by atoms with Gasteiger partial charge in [0.2, 0.25) is 0 Å². The average Bonchev–Trinajstić information content (AvgIpc) is 2.53. The maximum atomic E-state index is 4.43. The van der Waals surface area contributed by atoms with Crippen molar-refractivity contribution in [3.63, 3.8) is 0 Å². The Morgan fingerprint density at radius 2 is 1.90 bits per heavy atom. The van der Waals surface area contributed by atoms with E-state index in [1.807, 2.05) is 25.4 Å². The smallest absolute Gasteiger partial charge is 0.0602 e. The number of rotatable bonds is 6. The summed E-state index contributed by atoms with van der Waals surface area (Å²) < 4.78 is 0. The first kappa shape index (κ1) is 14.5. The largest absolute Gasteiger partial charge is 0.366 e. The fourth-order valence-corrected chi connectivity index (χ4v) is 2.35. The maximum Gasteiger partial charge on any atom is 0.0602 e. The molecule has 3 nitrogen and oxygen atoms in total. The van der Waals surface area contributed by atoms with Crippen molar-refractivity contribution in [2.45, 2.75) is 26.4 Å². The third-order valence-corrected chi connectivity index (χ3v) is 3.64. The van der Waals surface area contributed by atoms with E-state index in [2.05, 4.69) is 59.4 Å². The van der Waals surface area contributed by atoms with Crippen LogP contribution < -0.4 is 10.2 Å². The van der Waals surface area contributed by atoms with Crippen molar-refractivity contribution in [3.05, 3.63) is 59.9 Å². The second kappa shape index (κ2) is 7.06. The number of benzene rings is 1. The Bertz CT molecular complexity index is 525. The molecule has 0 spiro atoms.